The van der Waals surface area contributed by atoms with Crippen LogP contribution in [0.25, 0.3) is 0 Å². The fourth-order valence-electron chi connectivity index (χ4n) is 4.96. The van der Waals surface area contributed by atoms with Crippen LogP contribution in [0, 0.1) is 17.8 Å². The Balaban J connectivity index is 1.48. The van der Waals surface area contributed by atoms with Gasteiger partial charge in [0.2, 0.25) is 11.8 Å². The Morgan fingerprint density at radius 1 is 1.25 bits per heavy atom. The van der Waals surface area contributed by atoms with Gasteiger partial charge in [-0.1, -0.05) is 13.8 Å². The Morgan fingerprint density at radius 3 is 2.75 bits per heavy atom. The molecule has 1 saturated heterocycles. The minimum Gasteiger partial charge on any atom is -0.482 e. The van der Waals surface area contributed by atoms with E-state index < -0.39 is 0 Å². The molecule has 0 radical (unpaired) electrons. The highest BCUT2D eigenvalue weighted by Crippen LogP contribution is 2.40. The second-order valence-corrected chi connectivity index (χ2v) is 10.5. The average molecular weight is 501 g/mol. The Bertz CT molecular complexity index is 948. The van der Waals surface area contributed by atoms with Crippen molar-refractivity contribution >= 4 is 29.1 Å². The fraction of sp³-hybridized carbons (Fsp3) is 0.667. The number of fused-ring (bicyclic) bond motifs is 1. The molecule has 9 nitrogen and oxygen atoms in total. The van der Waals surface area contributed by atoms with E-state index in [4.69, 9.17) is 9.47 Å². The van der Waals surface area contributed by atoms with Crippen molar-refractivity contribution < 1.29 is 23.9 Å². The van der Waals surface area contributed by atoms with Crippen LogP contribution in [0.4, 0.5) is 11.4 Å². The zero-order valence-corrected chi connectivity index (χ0v) is 21.8. The number of hydrogen-bond acceptors (Lipinski definition) is 6. The lowest BCUT2D eigenvalue weighted by atomic mass is 9.88. The van der Waals surface area contributed by atoms with E-state index in [0.717, 1.165) is 24.9 Å². The maximum atomic E-state index is 13.8. The van der Waals surface area contributed by atoms with E-state index in [-0.39, 0.29) is 42.2 Å². The van der Waals surface area contributed by atoms with Gasteiger partial charge in [-0.05, 0) is 56.2 Å². The Kier molecular flexibility index (Phi) is 8.85. The van der Waals surface area contributed by atoms with Crippen LogP contribution in [0.2, 0.25) is 0 Å². The summed E-state index contributed by atoms with van der Waals surface area (Å²) in [6.45, 7) is 7.20. The third-order valence-corrected chi connectivity index (χ3v) is 7.13. The van der Waals surface area contributed by atoms with Crippen molar-refractivity contribution in [1.29, 1.82) is 0 Å². The monoisotopic (exact) mass is 500 g/mol. The van der Waals surface area contributed by atoms with Crippen LogP contribution in [-0.2, 0) is 19.1 Å². The van der Waals surface area contributed by atoms with E-state index in [1.807, 2.05) is 23.1 Å². The summed E-state index contributed by atoms with van der Waals surface area (Å²) >= 11 is 0. The molecule has 3 aliphatic rings. The van der Waals surface area contributed by atoms with Crippen LogP contribution >= 0.6 is 0 Å². The number of amides is 3. The van der Waals surface area contributed by atoms with Gasteiger partial charge in [0.1, 0.15) is 5.75 Å². The Labute approximate surface area is 213 Å². The molecule has 0 spiro atoms. The molecule has 2 fully saturated rings. The van der Waals surface area contributed by atoms with Gasteiger partial charge in [-0.3, -0.25) is 14.4 Å². The first-order valence-corrected chi connectivity index (χ1v) is 13.3. The second-order valence-electron chi connectivity index (χ2n) is 10.5. The van der Waals surface area contributed by atoms with Crippen molar-refractivity contribution in [2.45, 2.75) is 52.0 Å². The van der Waals surface area contributed by atoms with Crippen LogP contribution in [0.3, 0.4) is 0 Å². The number of piperidine rings is 1. The number of ether oxygens (including phenoxy) is 2. The second kappa shape index (κ2) is 12.1. The Hall–Kier alpha value is -2.65. The summed E-state index contributed by atoms with van der Waals surface area (Å²) in [4.78, 5) is 42.8. The number of methoxy groups -OCH3 is 1. The molecule has 4 rings (SSSR count). The molecule has 1 aliphatic carbocycles. The maximum Gasteiger partial charge on any atom is 0.265 e. The van der Waals surface area contributed by atoms with E-state index in [1.54, 1.807) is 12.0 Å². The summed E-state index contributed by atoms with van der Waals surface area (Å²) in [6, 6.07) is 5.82. The largest absolute Gasteiger partial charge is 0.482 e. The minimum atomic E-state index is -0.271. The first-order valence-electron chi connectivity index (χ1n) is 13.3. The summed E-state index contributed by atoms with van der Waals surface area (Å²) < 4.78 is 10.8. The molecule has 1 aromatic rings. The molecule has 3 amide bonds. The van der Waals surface area contributed by atoms with E-state index >= 15 is 0 Å². The topological polar surface area (TPSA) is 100 Å². The lowest BCUT2D eigenvalue weighted by molar-refractivity contribution is -0.128. The SMILES string of the molecule is COCCCN1C(=O)COc2ccc(N(C(=O)[C@H]3CNC[C@@H](C(=O)NCCC(C)C)C3)C3CC3)cc21. The minimum absolute atomic E-state index is 0.0129. The highest BCUT2D eigenvalue weighted by molar-refractivity contribution is 6.01. The zero-order chi connectivity index (χ0) is 25.7. The molecule has 198 valence electrons. The molecule has 2 atom stereocenters. The molecule has 0 bridgehead atoms. The van der Waals surface area contributed by atoms with Crippen molar-refractivity contribution in [3.8, 4) is 5.75 Å². The molecular weight excluding hydrogens is 460 g/mol. The van der Waals surface area contributed by atoms with Gasteiger partial charge in [-0.25, -0.2) is 0 Å². The summed E-state index contributed by atoms with van der Waals surface area (Å²) in [5, 5.41) is 6.35. The van der Waals surface area contributed by atoms with Crippen LogP contribution in [-0.4, -0.2) is 70.3 Å². The molecule has 0 aromatic heterocycles. The van der Waals surface area contributed by atoms with Crippen LogP contribution in [0.5, 0.6) is 5.75 Å². The van der Waals surface area contributed by atoms with Gasteiger partial charge < -0.3 is 29.9 Å². The number of rotatable bonds is 11. The molecule has 36 heavy (non-hydrogen) atoms. The van der Waals surface area contributed by atoms with Gasteiger partial charge in [0.25, 0.3) is 5.91 Å². The van der Waals surface area contributed by atoms with Gasteiger partial charge in [-0.15, -0.1) is 0 Å². The van der Waals surface area contributed by atoms with Crippen molar-refractivity contribution in [2.75, 3.05) is 56.3 Å². The molecular formula is C27H40N4O5. The summed E-state index contributed by atoms with van der Waals surface area (Å²) in [5.41, 5.74) is 1.47. The fourth-order valence-corrected chi connectivity index (χ4v) is 4.96. The quantitative estimate of drug-likeness (QED) is 0.453. The predicted octanol–water partition coefficient (Wildman–Crippen LogP) is 2.33. The Morgan fingerprint density at radius 2 is 2.03 bits per heavy atom. The standard InChI is InChI=1S/C27H40N4O5/c1-18(2)9-10-29-26(33)19-13-20(16-28-15-19)27(34)31(21-5-6-21)22-7-8-24-23(14-22)30(11-4-12-35-3)25(32)17-36-24/h7-8,14,18-21,28H,4-6,9-13,15-17H2,1-3H3,(H,29,33)/t19-,20+/m0/s1. The van der Waals surface area contributed by atoms with Gasteiger partial charge in [0.05, 0.1) is 17.5 Å². The predicted molar refractivity (Wildman–Crippen MR) is 138 cm³/mol. The van der Waals surface area contributed by atoms with E-state index in [1.165, 1.54) is 0 Å². The lowest BCUT2D eigenvalue weighted by Gasteiger charge is -2.34. The van der Waals surface area contributed by atoms with Gasteiger partial charge in [-0.2, -0.15) is 0 Å². The highest BCUT2D eigenvalue weighted by atomic mass is 16.5. The summed E-state index contributed by atoms with van der Waals surface area (Å²) in [6.07, 6.45) is 4.10. The number of anilines is 2. The first kappa shape index (κ1) is 26.4. The molecule has 2 aliphatic heterocycles. The first-order chi connectivity index (χ1) is 17.4. The molecule has 9 heteroatoms. The number of carbonyl (C=O) groups is 3. The molecule has 2 N–H and O–H groups in total. The summed E-state index contributed by atoms with van der Waals surface area (Å²) in [5.74, 6) is 0.663. The molecule has 1 aromatic carbocycles. The number of carbonyl (C=O) groups excluding carboxylic acids is 3. The third kappa shape index (κ3) is 6.37. The normalized spacial score (nSPS) is 21.7. The van der Waals surface area contributed by atoms with Crippen LogP contribution < -0.4 is 25.2 Å². The third-order valence-electron chi connectivity index (χ3n) is 7.13. The van der Waals surface area contributed by atoms with Gasteiger partial charge in [0.15, 0.2) is 6.61 Å². The zero-order valence-electron chi connectivity index (χ0n) is 21.8. The van der Waals surface area contributed by atoms with Gasteiger partial charge >= 0.3 is 0 Å². The average Bonchev–Trinajstić information content (AvgIpc) is 3.70. The number of hydrogen-bond donors (Lipinski definition) is 2. The highest BCUT2D eigenvalue weighted by Gasteiger charge is 2.40. The lowest BCUT2D eigenvalue weighted by Crippen LogP contribution is -2.50. The van der Waals surface area contributed by atoms with E-state index in [2.05, 4.69) is 24.5 Å². The van der Waals surface area contributed by atoms with Crippen molar-refractivity contribution in [2.24, 2.45) is 17.8 Å². The molecule has 1 saturated carbocycles. The smallest absolute Gasteiger partial charge is 0.265 e. The van der Waals surface area contributed by atoms with Gasteiger partial charge in [0, 0.05) is 51.6 Å². The van der Waals surface area contributed by atoms with Crippen molar-refractivity contribution in [3.05, 3.63) is 18.2 Å². The number of nitrogens with zero attached hydrogens (tertiary/aromatic N) is 2. The van der Waals surface area contributed by atoms with Crippen LogP contribution in [0.15, 0.2) is 18.2 Å². The molecule has 2 heterocycles. The van der Waals surface area contributed by atoms with Crippen molar-refractivity contribution in [3.63, 3.8) is 0 Å². The summed E-state index contributed by atoms with van der Waals surface area (Å²) in [7, 11) is 1.65. The number of nitrogens with one attached hydrogen (secondary N) is 2. The van der Waals surface area contributed by atoms with E-state index in [0.29, 0.717) is 63.0 Å². The number of benzene rings is 1. The maximum absolute atomic E-state index is 13.8. The molecule has 0 unspecified atom stereocenters. The van der Waals surface area contributed by atoms with Crippen LogP contribution in [0.1, 0.15) is 46.0 Å². The van der Waals surface area contributed by atoms with E-state index in [9.17, 15) is 14.4 Å². The van der Waals surface area contributed by atoms with Crippen molar-refractivity contribution in [1.82, 2.24) is 10.6 Å².